The first-order valence-corrected chi connectivity index (χ1v) is 8.99. The van der Waals surface area contributed by atoms with E-state index in [0.29, 0.717) is 16.4 Å². The molecule has 1 heterocycles. The highest BCUT2D eigenvalue weighted by atomic mass is 32.1. The molecule has 0 radical (unpaired) electrons. The molecule has 0 saturated carbocycles. The van der Waals surface area contributed by atoms with E-state index in [0.717, 1.165) is 19.3 Å². The quantitative estimate of drug-likeness (QED) is 0.652. The van der Waals surface area contributed by atoms with Gasteiger partial charge in [-0.05, 0) is 49.0 Å². The van der Waals surface area contributed by atoms with Crippen LogP contribution in [0.2, 0.25) is 0 Å². The Hall–Kier alpha value is -2.47. The van der Waals surface area contributed by atoms with Crippen molar-refractivity contribution >= 4 is 29.2 Å². The van der Waals surface area contributed by atoms with Gasteiger partial charge in [-0.2, -0.15) is 0 Å². The second-order valence-corrected chi connectivity index (χ2v) is 7.34. The first kappa shape index (κ1) is 17.4. The first-order chi connectivity index (χ1) is 12.0. The van der Waals surface area contributed by atoms with E-state index in [9.17, 15) is 14.0 Å². The van der Waals surface area contributed by atoms with E-state index in [1.807, 2.05) is 6.07 Å². The van der Waals surface area contributed by atoms with E-state index in [-0.39, 0.29) is 5.91 Å². The number of benzene rings is 1. The van der Waals surface area contributed by atoms with Crippen molar-refractivity contribution in [1.82, 2.24) is 10.9 Å². The number of amides is 2. The molecule has 3 rings (SSSR count). The lowest BCUT2D eigenvalue weighted by molar-refractivity contribution is -0.117. The summed E-state index contributed by atoms with van der Waals surface area (Å²) in [4.78, 5) is 25.8. The fraction of sp³-hybridized carbons (Fsp3) is 0.263. The molecule has 1 aliphatic carbocycles. The Kier molecular flexibility index (Phi) is 5.28. The molecule has 0 aliphatic heterocycles. The molecule has 2 N–H and O–H groups in total. The number of halogens is 1. The Morgan fingerprint density at radius 2 is 2.08 bits per heavy atom. The second-order valence-electron chi connectivity index (χ2n) is 6.21. The summed E-state index contributed by atoms with van der Waals surface area (Å²) in [6.07, 6.45) is 5.69. The number of carbonyl (C=O) groups is 2. The third kappa shape index (κ3) is 4.33. The van der Waals surface area contributed by atoms with Gasteiger partial charge in [-0.15, -0.1) is 11.3 Å². The van der Waals surface area contributed by atoms with Crippen molar-refractivity contribution in [2.24, 2.45) is 5.92 Å². The molecule has 0 bridgehead atoms. The third-order valence-electron chi connectivity index (χ3n) is 4.17. The van der Waals surface area contributed by atoms with Gasteiger partial charge in [0.15, 0.2) is 0 Å². The van der Waals surface area contributed by atoms with Crippen LogP contribution in [0.3, 0.4) is 0 Å². The van der Waals surface area contributed by atoms with Crippen LogP contribution in [-0.2, 0) is 17.6 Å². The van der Waals surface area contributed by atoms with E-state index >= 15 is 0 Å². The topological polar surface area (TPSA) is 58.2 Å². The van der Waals surface area contributed by atoms with Crippen LogP contribution in [0.25, 0.3) is 6.08 Å². The Bertz CT molecular complexity index is 829. The number of hydrogen-bond acceptors (Lipinski definition) is 3. The number of rotatable bonds is 3. The Balaban J connectivity index is 1.55. The Morgan fingerprint density at radius 3 is 2.88 bits per heavy atom. The summed E-state index contributed by atoms with van der Waals surface area (Å²) in [5.41, 5.74) is 6.26. The molecule has 0 saturated heterocycles. The maximum absolute atomic E-state index is 13.5. The van der Waals surface area contributed by atoms with Crippen LogP contribution in [0.1, 0.15) is 39.0 Å². The first-order valence-electron chi connectivity index (χ1n) is 8.17. The van der Waals surface area contributed by atoms with Crippen molar-refractivity contribution in [3.8, 4) is 0 Å². The molecule has 0 fully saturated rings. The molecular weight excluding hydrogens is 339 g/mol. The van der Waals surface area contributed by atoms with Gasteiger partial charge in [0.25, 0.3) is 11.8 Å². The van der Waals surface area contributed by atoms with E-state index in [2.05, 4.69) is 17.8 Å². The van der Waals surface area contributed by atoms with Crippen LogP contribution in [0.15, 0.2) is 36.4 Å². The summed E-state index contributed by atoms with van der Waals surface area (Å²) < 4.78 is 13.5. The average Bonchev–Trinajstić information content (AvgIpc) is 3.02. The molecule has 1 atom stereocenters. The highest BCUT2D eigenvalue weighted by Gasteiger charge is 2.20. The van der Waals surface area contributed by atoms with Gasteiger partial charge in [0.1, 0.15) is 5.82 Å². The Morgan fingerprint density at radius 1 is 1.28 bits per heavy atom. The number of nitrogens with one attached hydrogen (secondary N) is 2. The summed E-state index contributed by atoms with van der Waals surface area (Å²) in [7, 11) is 0. The number of thiophene rings is 1. The van der Waals surface area contributed by atoms with E-state index in [1.54, 1.807) is 18.2 Å². The minimum absolute atomic E-state index is 0.309. The lowest BCUT2D eigenvalue weighted by Gasteiger charge is -2.16. The summed E-state index contributed by atoms with van der Waals surface area (Å²) in [5, 5.41) is 0. The number of fused-ring (bicyclic) bond motifs is 1. The molecule has 1 aromatic carbocycles. The van der Waals surface area contributed by atoms with Crippen LogP contribution in [0, 0.1) is 11.7 Å². The maximum Gasteiger partial charge on any atom is 0.279 e. The number of aryl methyl sites for hydroxylation is 1. The molecule has 2 aromatic rings. The predicted molar refractivity (Wildman–Crippen MR) is 96.6 cm³/mol. The normalized spacial score (nSPS) is 16.5. The van der Waals surface area contributed by atoms with Crippen molar-refractivity contribution in [3.63, 3.8) is 0 Å². The van der Waals surface area contributed by atoms with E-state index < -0.39 is 11.7 Å². The molecule has 1 aromatic heterocycles. The minimum Gasteiger partial charge on any atom is -0.268 e. The van der Waals surface area contributed by atoms with Crippen LogP contribution in [0.5, 0.6) is 0 Å². The lowest BCUT2D eigenvalue weighted by atomic mass is 9.90. The molecular formula is C19H19FN2O2S. The zero-order valence-corrected chi connectivity index (χ0v) is 14.7. The van der Waals surface area contributed by atoms with E-state index in [4.69, 9.17) is 0 Å². The van der Waals surface area contributed by atoms with Crippen molar-refractivity contribution in [3.05, 3.63) is 63.1 Å². The average molecular weight is 358 g/mol. The summed E-state index contributed by atoms with van der Waals surface area (Å²) in [5.74, 6) is -0.624. The predicted octanol–water partition coefficient (Wildman–Crippen LogP) is 3.49. The van der Waals surface area contributed by atoms with Crippen molar-refractivity contribution < 1.29 is 14.0 Å². The SMILES string of the molecule is C[C@H]1CCc2sc(C(=O)NNC(=O)/C=C/c3ccccc3F)cc2C1. The highest BCUT2D eigenvalue weighted by molar-refractivity contribution is 7.14. The molecule has 0 spiro atoms. The third-order valence-corrected chi connectivity index (χ3v) is 5.41. The maximum atomic E-state index is 13.5. The van der Waals surface area contributed by atoms with Gasteiger partial charge < -0.3 is 0 Å². The zero-order valence-electron chi connectivity index (χ0n) is 13.8. The second kappa shape index (κ2) is 7.61. The van der Waals surface area contributed by atoms with Crippen molar-refractivity contribution in [1.29, 1.82) is 0 Å². The monoisotopic (exact) mass is 358 g/mol. The zero-order chi connectivity index (χ0) is 17.8. The summed E-state index contributed by atoms with van der Waals surface area (Å²) in [6, 6.07) is 8.05. The molecule has 130 valence electrons. The molecule has 25 heavy (non-hydrogen) atoms. The molecule has 6 heteroatoms. The van der Waals surface area contributed by atoms with Crippen LogP contribution >= 0.6 is 11.3 Å². The lowest BCUT2D eigenvalue weighted by Crippen LogP contribution is -2.40. The van der Waals surface area contributed by atoms with Gasteiger partial charge >= 0.3 is 0 Å². The fourth-order valence-electron chi connectivity index (χ4n) is 2.82. The van der Waals surface area contributed by atoms with Gasteiger partial charge in [0.2, 0.25) is 0 Å². The van der Waals surface area contributed by atoms with Gasteiger partial charge in [0, 0.05) is 16.5 Å². The number of hydrogen-bond donors (Lipinski definition) is 2. The number of carbonyl (C=O) groups excluding carboxylic acids is 2. The number of hydrazine groups is 1. The smallest absolute Gasteiger partial charge is 0.268 e. The standard InChI is InChI=1S/C19H19FN2O2S/c1-12-6-8-16-14(10-12)11-17(25-16)19(24)22-21-18(23)9-7-13-4-2-3-5-15(13)20/h2-5,7,9,11-12H,6,8,10H2,1H3,(H,21,23)(H,22,24)/b9-7+/t12-/m0/s1. The fourth-order valence-corrected chi connectivity index (χ4v) is 3.92. The van der Waals surface area contributed by atoms with Gasteiger partial charge in [-0.1, -0.05) is 25.1 Å². The molecule has 0 unspecified atom stereocenters. The molecule has 4 nitrogen and oxygen atoms in total. The molecule has 1 aliphatic rings. The summed E-state index contributed by atoms with van der Waals surface area (Å²) >= 11 is 1.48. The summed E-state index contributed by atoms with van der Waals surface area (Å²) in [6.45, 7) is 2.21. The van der Waals surface area contributed by atoms with Gasteiger partial charge in [-0.25, -0.2) is 4.39 Å². The van der Waals surface area contributed by atoms with Crippen LogP contribution in [0.4, 0.5) is 4.39 Å². The Labute approximate surface area is 149 Å². The minimum atomic E-state index is -0.522. The van der Waals surface area contributed by atoms with Crippen LogP contribution < -0.4 is 10.9 Å². The highest BCUT2D eigenvalue weighted by Crippen LogP contribution is 2.32. The van der Waals surface area contributed by atoms with Gasteiger partial charge in [-0.3, -0.25) is 20.4 Å². The van der Waals surface area contributed by atoms with Crippen LogP contribution in [-0.4, -0.2) is 11.8 Å². The van der Waals surface area contributed by atoms with Crippen molar-refractivity contribution in [2.75, 3.05) is 0 Å². The molecule has 2 amide bonds. The van der Waals surface area contributed by atoms with E-state index in [1.165, 1.54) is 40.0 Å². The van der Waals surface area contributed by atoms with Crippen molar-refractivity contribution in [2.45, 2.75) is 26.2 Å². The van der Waals surface area contributed by atoms with Gasteiger partial charge in [0.05, 0.1) is 4.88 Å². The largest absolute Gasteiger partial charge is 0.279 e.